The lowest BCUT2D eigenvalue weighted by Gasteiger charge is -2.32. The summed E-state index contributed by atoms with van der Waals surface area (Å²) in [5.41, 5.74) is 0.315. The van der Waals surface area contributed by atoms with Crippen molar-refractivity contribution >= 4 is 22.8 Å². The number of benzene rings is 3. The Labute approximate surface area is 276 Å². The van der Waals surface area contributed by atoms with Crippen LogP contribution >= 0.6 is 0 Å². The van der Waals surface area contributed by atoms with Gasteiger partial charge in [0.15, 0.2) is 0 Å². The molecule has 2 atom stereocenters. The summed E-state index contributed by atoms with van der Waals surface area (Å²) in [6.07, 6.45) is 2.24. The number of amides is 1. The van der Waals surface area contributed by atoms with Crippen LogP contribution in [0, 0.1) is 5.92 Å². The number of H-pyrrole nitrogens is 1. The first-order valence-electron chi connectivity index (χ1n) is 15.8. The molecule has 11 nitrogen and oxygen atoms in total. The highest BCUT2D eigenvalue weighted by Crippen LogP contribution is 2.33. The fourth-order valence-electron chi connectivity index (χ4n) is 6.33. The maximum atomic E-state index is 13.5. The van der Waals surface area contributed by atoms with Crippen molar-refractivity contribution in [1.82, 2.24) is 20.2 Å². The first kappa shape index (κ1) is 32.6. The highest BCUT2D eigenvalue weighted by molar-refractivity contribution is 5.93. The monoisotopic (exact) mass is 648 g/mol. The largest absolute Gasteiger partial charge is 0.506 e. The topological polar surface area (TPSA) is 176 Å². The number of likely N-dealkylation sites (tertiary alicyclic amines) is 1. The van der Waals surface area contributed by atoms with E-state index in [1.54, 1.807) is 90.0 Å². The van der Waals surface area contributed by atoms with E-state index in [-0.39, 0.29) is 46.1 Å². The number of nitrogens with zero attached hydrogens (tertiary/aromatic N) is 2. The number of fused-ring (bicyclic) bond motifs is 1. The maximum absolute atomic E-state index is 13.5. The number of hydrogen-bond donors (Lipinski definition) is 6. The third-order valence-electron chi connectivity index (χ3n) is 9.03. The van der Waals surface area contributed by atoms with Crippen LogP contribution in [0.25, 0.3) is 22.0 Å². The number of carboxylic acid groups (broad SMARTS) is 1. The van der Waals surface area contributed by atoms with Crippen LogP contribution in [-0.4, -0.2) is 73.3 Å². The van der Waals surface area contributed by atoms with Gasteiger partial charge in [-0.1, -0.05) is 54.6 Å². The second-order valence-electron chi connectivity index (χ2n) is 12.1. The zero-order chi connectivity index (χ0) is 33.8. The van der Waals surface area contributed by atoms with Crippen LogP contribution in [-0.2, 0) is 10.4 Å². The number of carbonyl (C=O) groups excluding carboxylic acids is 1. The van der Waals surface area contributed by atoms with Crippen molar-refractivity contribution in [3.63, 3.8) is 0 Å². The fourth-order valence-corrected chi connectivity index (χ4v) is 6.33. The minimum atomic E-state index is -2.25. The number of phenols is 1. The molecule has 1 saturated heterocycles. The van der Waals surface area contributed by atoms with Crippen molar-refractivity contribution in [3.8, 4) is 16.9 Å². The zero-order valence-corrected chi connectivity index (χ0v) is 26.0. The molecule has 0 spiro atoms. The Bertz CT molecular complexity index is 2010. The highest BCUT2D eigenvalue weighted by atomic mass is 16.4. The van der Waals surface area contributed by atoms with Crippen molar-refractivity contribution in [2.24, 2.45) is 5.92 Å². The van der Waals surface area contributed by atoms with E-state index in [0.29, 0.717) is 47.6 Å². The van der Waals surface area contributed by atoms with Crippen molar-refractivity contribution in [3.05, 3.63) is 130 Å². The zero-order valence-electron chi connectivity index (χ0n) is 26.0. The third-order valence-corrected chi connectivity index (χ3v) is 9.03. The van der Waals surface area contributed by atoms with Crippen LogP contribution in [0.1, 0.15) is 46.1 Å². The molecule has 246 valence electrons. The van der Waals surface area contributed by atoms with Crippen LogP contribution in [0.4, 0.5) is 0 Å². The molecule has 3 aromatic carbocycles. The molecule has 1 amide bonds. The van der Waals surface area contributed by atoms with E-state index in [4.69, 9.17) is 0 Å². The minimum Gasteiger partial charge on any atom is -0.506 e. The number of rotatable bonds is 10. The number of piperidine rings is 1. The molecule has 48 heavy (non-hydrogen) atoms. The maximum Gasteiger partial charge on any atom is 0.345 e. The predicted octanol–water partition coefficient (Wildman–Crippen LogP) is 3.79. The van der Waals surface area contributed by atoms with Gasteiger partial charge >= 0.3 is 5.97 Å². The smallest absolute Gasteiger partial charge is 0.345 e. The number of nitrogens with one attached hydrogen (secondary N) is 2. The summed E-state index contributed by atoms with van der Waals surface area (Å²) in [6.45, 7) is 2.04. The van der Waals surface area contributed by atoms with E-state index < -0.39 is 17.7 Å². The van der Waals surface area contributed by atoms with Crippen molar-refractivity contribution in [2.45, 2.75) is 24.5 Å². The normalized spacial score (nSPS) is 15.6. The van der Waals surface area contributed by atoms with Gasteiger partial charge in [-0.3, -0.25) is 14.6 Å². The summed E-state index contributed by atoms with van der Waals surface area (Å²) in [5.74, 6) is -1.35. The molecule has 0 unspecified atom stereocenters. The second-order valence-corrected chi connectivity index (χ2v) is 12.1. The Morgan fingerprint density at radius 1 is 0.938 bits per heavy atom. The number of aliphatic carboxylic acids is 1. The van der Waals surface area contributed by atoms with E-state index in [2.05, 4.69) is 15.3 Å². The molecule has 6 rings (SSSR count). The lowest BCUT2D eigenvalue weighted by Crippen LogP contribution is -2.41. The molecule has 3 heterocycles. The predicted molar refractivity (Wildman–Crippen MR) is 179 cm³/mol. The van der Waals surface area contributed by atoms with Gasteiger partial charge in [0.25, 0.3) is 5.91 Å². The molecule has 11 heteroatoms. The number of hydrogen-bond acceptors (Lipinski definition) is 8. The van der Waals surface area contributed by atoms with Crippen LogP contribution in [0.15, 0.2) is 102 Å². The Balaban J connectivity index is 1.07. The number of phenolic OH excluding ortho intramolecular Hbond substituents is 1. The lowest BCUT2D eigenvalue weighted by molar-refractivity contribution is -0.155. The van der Waals surface area contributed by atoms with Gasteiger partial charge in [-0.05, 0) is 77.9 Å². The molecule has 1 aliphatic heterocycles. The van der Waals surface area contributed by atoms with Gasteiger partial charge in [0.2, 0.25) is 11.2 Å². The summed E-state index contributed by atoms with van der Waals surface area (Å²) < 4.78 is 0. The molecule has 2 aromatic heterocycles. The Kier molecular flexibility index (Phi) is 9.35. The fraction of sp³-hybridized carbons (Fsp3) is 0.243. The Morgan fingerprint density at radius 3 is 2.42 bits per heavy atom. The molecule has 0 radical (unpaired) electrons. The summed E-state index contributed by atoms with van der Waals surface area (Å²) in [7, 11) is 0. The first-order valence-corrected chi connectivity index (χ1v) is 15.8. The van der Waals surface area contributed by atoms with Crippen LogP contribution in [0.5, 0.6) is 5.75 Å². The summed E-state index contributed by atoms with van der Waals surface area (Å²) in [4.78, 5) is 46.1. The highest BCUT2D eigenvalue weighted by Gasteiger charge is 2.40. The minimum absolute atomic E-state index is 0.0589. The molecular formula is C37H36N4O7. The number of pyridine rings is 2. The van der Waals surface area contributed by atoms with Gasteiger partial charge in [-0.15, -0.1) is 0 Å². The summed E-state index contributed by atoms with van der Waals surface area (Å²) in [5, 5.41) is 46.2. The summed E-state index contributed by atoms with van der Waals surface area (Å²) in [6, 6.07) is 24.3. The molecule has 0 bridgehead atoms. The molecule has 5 aromatic rings. The van der Waals surface area contributed by atoms with Crippen LogP contribution in [0.2, 0.25) is 0 Å². The average Bonchev–Trinajstić information content (AvgIpc) is 3.12. The number of aromatic nitrogens is 2. The SMILES string of the molecule is O=C(c1cc(-c2cccc([C@](O)(C(=O)O)c3ccccc3)c2)ccn1)N1CCC(CNC[C@H](O)c2ccc(O)c3[nH]c(=O)ccc23)CC1. The quantitative estimate of drug-likeness (QED) is 0.132. The number of aromatic amines is 1. The Hall–Kier alpha value is -5.36. The van der Waals surface area contributed by atoms with Gasteiger partial charge in [0.1, 0.15) is 11.4 Å². The number of aromatic hydroxyl groups is 1. The van der Waals surface area contributed by atoms with Crippen LogP contribution in [0.3, 0.4) is 0 Å². The number of carbonyl (C=O) groups is 2. The van der Waals surface area contributed by atoms with Gasteiger partial charge in [0, 0.05) is 42.8 Å². The van der Waals surface area contributed by atoms with E-state index in [1.807, 2.05) is 0 Å². The second kappa shape index (κ2) is 13.8. The van der Waals surface area contributed by atoms with Gasteiger partial charge in [-0.25, -0.2) is 4.79 Å². The van der Waals surface area contributed by atoms with E-state index in [9.17, 15) is 34.8 Å². The number of carboxylic acids is 1. The van der Waals surface area contributed by atoms with E-state index >= 15 is 0 Å². The van der Waals surface area contributed by atoms with Gasteiger partial charge in [-0.2, -0.15) is 0 Å². The molecular weight excluding hydrogens is 612 g/mol. The third kappa shape index (κ3) is 6.56. The van der Waals surface area contributed by atoms with Crippen LogP contribution < -0.4 is 10.9 Å². The average molecular weight is 649 g/mol. The van der Waals surface area contributed by atoms with Crippen molar-refractivity contribution in [1.29, 1.82) is 0 Å². The lowest BCUT2D eigenvalue weighted by atomic mass is 9.85. The molecule has 1 fully saturated rings. The molecule has 1 aliphatic rings. The standard InChI is InChI=1S/C37H36N4O7/c42-31-11-9-28(29-10-12-33(44)40-34(29)31)32(43)22-38-21-23-14-17-41(18-15-23)35(45)30-20-25(13-16-39-30)24-5-4-8-27(19-24)37(48,36(46)47)26-6-2-1-3-7-26/h1-13,16,19-20,23,32,38,42-43,48H,14-15,17-18,21-22H2,(H,40,44)(H,46,47)/t32-,37-/m0/s1. The van der Waals surface area contributed by atoms with Crippen molar-refractivity contribution in [2.75, 3.05) is 26.2 Å². The van der Waals surface area contributed by atoms with Gasteiger partial charge < -0.3 is 35.6 Å². The number of aliphatic hydroxyl groups excluding tert-OH is 1. The first-order chi connectivity index (χ1) is 23.1. The van der Waals surface area contributed by atoms with Crippen molar-refractivity contribution < 1.29 is 30.0 Å². The summed E-state index contributed by atoms with van der Waals surface area (Å²) >= 11 is 0. The number of aliphatic hydroxyl groups is 2. The Morgan fingerprint density at radius 2 is 1.67 bits per heavy atom. The molecule has 6 N–H and O–H groups in total. The molecule has 0 saturated carbocycles. The van der Waals surface area contributed by atoms with E-state index in [1.165, 1.54) is 12.1 Å². The van der Waals surface area contributed by atoms with E-state index in [0.717, 1.165) is 12.8 Å². The molecule has 0 aliphatic carbocycles. The van der Waals surface area contributed by atoms with Gasteiger partial charge in [0.05, 0.1) is 11.6 Å².